The monoisotopic (exact) mass is 325 g/mol. The Balaban J connectivity index is 2.59. The molecule has 0 aliphatic carbocycles. The predicted molar refractivity (Wildman–Crippen MR) is 71.2 cm³/mol. The molecule has 1 aromatic carbocycles. The van der Waals surface area contributed by atoms with Crippen LogP contribution in [0.5, 0.6) is 0 Å². The van der Waals surface area contributed by atoms with E-state index in [1.54, 1.807) is 13.0 Å². The van der Waals surface area contributed by atoms with Crippen LogP contribution in [-0.2, 0) is 0 Å². The Hall–Kier alpha value is -1.62. The molecular weight excluding hydrogens is 316 g/mol. The number of aryl methyl sites for hydroxylation is 2. The van der Waals surface area contributed by atoms with E-state index in [4.69, 9.17) is 0 Å². The first-order chi connectivity index (χ1) is 8.91. The van der Waals surface area contributed by atoms with E-state index in [9.17, 15) is 13.6 Å². The third-order valence-corrected chi connectivity index (χ3v) is 3.31. The van der Waals surface area contributed by atoms with Gasteiger partial charge in [-0.05, 0) is 53.0 Å². The molecular formula is C14H10BrF2NO. The molecule has 19 heavy (non-hydrogen) atoms. The minimum atomic E-state index is -0.910. The molecule has 1 heterocycles. The molecule has 98 valence electrons. The number of hydrogen-bond acceptors (Lipinski definition) is 2. The first-order valence-electron chi connectivity index (χ1n) is 5.53. The molecule has 0 aliphatic heterocycles. The van der Waals surface area contributed by atoms with Crippen LogP contribution >= 0.6 is 15.9 Å². The molecule has 0 fully saturated rings. The molecule has 0 unspecified atom stereocenters. The molecule has 5 heteroatoms. The Kier molecular flexibility index (Phi) is 3.75. The van der Waals surface area contributed by atoms with Gasteiger partial charge >= 0.3 is 0 Å². The van der Waals surface area contributed by atoms with Gasteiger partial charge in [-0.1, -0.05) is 6.07 Å². The summed E-state index contributed by atoms with van der Waals surface area (Å²) in [6.45, 7) is 3.51. The minimum Gasteiger partial charge on any atom is -0.287 e. The van der Waals surface area contributed by atoms with Gasteiger partial charge in [0.25, 0.3) is 0 Å². The van der Waals surface area contributed by atoms with E-state index >= 15 is 0 Å². The van der Waals surface area contributed by atoms with Crippen molar-refractivity contribution in [1.29, 1.82) is 0 Å². The quantitative estimate of drug-likeness (QED) is 0.617. The molecule has 0 atom stereocenters. The standard InChI is InChI=1S/C14H10BrF2NO/c1-7-5-8(2)13(18-6-7)14(19)11-10(16)4-3-9(15)12(11)17/h3-6H,1-2H3. The third-order valence-electron chi connectivity index (χ3n) is 2.70. The van der Waals surface area contributed by atoms with Crippen LogP contribution in [0.2, 0.25) is 0 Å². The molecule has 1 aromatic heterocycles. The third kappa shape index (κ3) is 2.56. The number of ketones is 1. The number of carbonyl (C=O) groups is 1. The molecule has 0 radical (unpaired) electrons. The van der Waals surface area contributed by atoms with Crippen LogP contribution in [-0.4, -0.2) is 10.8 Å². The van der Waals surface area contributed by atoms with Gasteiger partial charge in [-0.15, -0.1) is 0 Å². The van der Waals surface area contributed by atoms with Gasteiger partial charge in [0.2, 0.25) is 5.78 Å². The van der Waals surface area contributed by atoms with Gasteiger partial charge < -0.3 is 0 Å². The van der Waals surface area contributed by atoms with E-state index in [1.807, 2.05) is 6.92 Å². The number of halogens is 3. The second-order valence-electron chi connectivity index (χ2n) is 4.23. The second kappa shape index (κ2) is 5.17. The van der Waals surface area contributed by atoms with Crippen LogP contribution in [0, 0.1) is 25.5 Å². The minimum absolute atomic E-state index is 0.0435. The topological polar surface area (TPSA) is 30.0 Å². The molecule has 0 saturated heterocycles. The van der Waals surface area contributed by atoms with Crippen LogP contribution in [0.15, 0.2) is 28.9 Å². The van der Waals surface area contributed by atoms with Crippen molar-refractivity contribution in [3.63, 3.8) is 0 Å². The van der Waals surface area contributed by atoms with Crippen molar-refractivity contribution in [2.75, 3.05) is 0 Å². The number of aromatic nitrogens is 1. The van der Waals surface area contributed by atoms with Crippen molar-refractivity contribution >= 4 is 21.7 Å². The van der Waals surface area contributed by atoms with Crippen LogP contribution in [0.3, 0.4) is 0 Å². The van der Waals surface area contributed by atoms with Crippen molar-refractivity contribution in [2.45, 2.75) is 13.8 Å². The first kappa shape index (κ1) is 13.8. The van der Waals surface area contributed by atoms with Gasteiger partial charge in [0.15, 0.2) is 5.82 Å². The fourth-order valence-electron chi connectivity index (χ4n) is 1.81. The summed E-state index contributed by atoms with van der Waals surface area (Å²) in [5.74, 6) is -2.56. The number of nitrogens with zero attached hydrogens (tertiary/aromatic N) is 1. The van der Waals surface area contributed by atoms with E-state index in [-0.39, 0.29) is 10.2 Å². The number of rotatable bonds is 2. The normalized spacial score (nSPS) is 10.6. The summed E-state index contributed by atoms with van der Waals surface area (Å²) in [6, 6.07) is 4.01. The molecule has 2 rings (SSSR count). The molecule has 0 aliphatic rings. The van der Waals surface area contributed by atoms with E-state index in [0.717, 1.165) is 11.6 Å². The van der Waals surface area contributed by atoms with E-state index < -0.39 is 23.0 Å². The number of hydrogen-bond donors (Lipinski definition) is 0. The highest BCUT2D eigenvalue weighted by atomic mass is 79.9. The van der Waals surface area contributed by atoms with Crippen LogP contribution < -0.4 is 0 Å². The number of benzene rings is 1. The number of pyridine rings is 1. The van der Waals surface area contributed by atoms with Gasteiger partial charge in [0, 0.05) is 6.20 Å². The highest BCUT2D eigenvalue weighted by Gasteiger charge is 2.23. The van der Waals surface area contributed by atoms with Crippen molar-refractivity contribution in [3.8, 4) is 0 Å². The zero-order chi connectivity index (χ0) is 14.2. The zero-order valence-electron chi connectivity index (χ0n) is 10.3. The second-order valence-corrected chi connectivity index (χ2v) is 5.08. The average molecular weight is 326 g/mol. The number of carbonyl (C=O) groups excluding carboxylic acids is 1. The van der Waals surface area contributed by atoms with Gasteiger partial charge in [-0.2, -0.15) is 0 Å². The van der Waals surface area contributed by atoms with Crippen molar-refractivity contribution in [2.24, 2.45) is 0 Å². The molecule has 0 amide bonds. The summed E-state index contributed by atoms with van der Waals surface area (Å²) in [4.78, 5) is 16.2. The summed E-state index contributed by atoms with van der Waals surface area (Å²) in [5.41, 5.74) is 0.934. The summed E-state index contributed by atoms with van der Waals surface area (Å²) >= 11 is 2.94. The Bertz CT molecular complexity index is 671. The summed E-state index contributed by atoms with van der Waals surface area (Å²) in [6.07, 6.45) is 1.49. The van der Waals surface area contributed by atoms with Crippen molar-refractivity contribution in [3.05, 3.63) is 62.9 Å². The van der Waals surface area contributed by atoms with Gasteiger partial charge in [-0.25, -0.2) is 8.78 Å². The highest BCUT2D eigenvalue weighted by Crippen LogP contribution is 2.24. The Morgan fingerprint density at radius 1 is 1.26 bits per heavy atom. The fraction of sp³-hybridized carbons (Fsp3) is 0.143. The molecule has 2 aromatic rings. The van der Waals surface area contributed by atoms with Gasteiger partial charge in [-0.3, -0.25) is 9.78 Å². The van der Waals surface area contributed by atoms with Crippen LogP contribution in [0.4, 0.5) is 8.78 Å². The maximum absolute atomic E-state index is 13.9. The van der Waals surface area contributed by atoms with Crippen molar-refractivity contribution in [1.82, 2.24) is 4.98 Å². The Labute approximate surface area is 117 Å². The fourth-order valence-corrected chi connectivity index (χ4v) is 2.14. The smallest absolute Gasteiger partial charge is 0.217 e. The van der Waals surface area contributed by atoms with Crippen LogP contribution in [0.1, 0.15) is 27.2 Å². The zero-order valence-corrected chi connectivity index (χ0v) is 11.9. The van der Waals surface area contributed by atoms with Crippen LogP contribution in [0.25, 0.3) is 0 Å². The molecule has 0 N–H and O–H groups in total. The largest absolute Gasteiger partial charge is 0.287 e. The molecule has 0 spiro atoms. The maximum Gasteiger partial charge on any atom is 0.217 e. The van der Waals surface area contributed by atoms with E-state index in [1.165, 1.54) is 12.3 Å². The van der Waals surface area contributed by atoms with Crippen molar-refractivity contribution < 1.29 is 13.6 Å². The average Bonchev–Trinajstić information content (AvgIpc) is 2.34. The summed E-state index contributed by atoms with van der Waals surface area (Å²) in [7, 11) is 0. The highest BCUT2D eigenvalue weighted by molar-refractivity contribution is 9.10. The lowest BCUT2D eigenvalue weighted by molar-refractivity contribution is 0.102. The van der Waals surface area contributed by atoms with Gasteiger partial charge in [0.05, 0.1) is 10.0 Å². The lowest BCUT2D eigenvalue weighted by atomic mass is 10.0. The lowest BCUT2D eigenvalue weighted by Gasteiger charge is -2.08. The molecule has 2 nitrogen and oxygen atoms in total. The Morgan fingerprint density at radius 3 is 2.58 bits per heavy atom. The molecule has 0 bridgehead atoms. The Morgan fingerprint density at radius 2 is 1.95 bits per heavy atom. The van der Waals surface area contributed by atoms with Gasteiger partial charge in [0.1, 0.15) is 11.5 Å². The predicted octanol–water partition coefficient (Wildman–Crippen LogP) is 3.97. The maximum atomic E-state index is 13.9. The molecule has 0 saturated carbocycles. The first-order valence-corrected chi connectivity index (χ1v) is 6.32. The lowest BCUT2D eigenvalue weighted by Crippen LogP contribution is -2.11. The van der Waals surface area contributed by atoms with E-state index in [0.29, 0.717) is 5.56 Å². The summed E-state index contributed by atoms with van der Waals surface area (Å²) < 4.78 is 27.6. The van der Waals surface area contributed by atoms with E-state index in [2.05, 4.69) is 20.9 Å². The SMILES string of the molecule is Cc1cnc(C(=O)c2c(F)ccc(Br)c2F)c(C)c1. The summed E-state index contributed by atoms with van der Waals surface area (Å²) in [5, 5.41) is 0.